The molecule has 0 amide bonds. The van der Waals surface area contributed by atoms with Crippen molar-refractivity contribution in [2.24, 2.45) is 0 Å². The Morgan fingerprint density at radius 1 is 1.14 bits per heavy atom. The zero-order valence-corrected chi connectivity index (χ0v) is 14.0. The Labute approximate surface area is 127 Å². The molecule has 0 saturated carbocycles. The molecule has 2 heterocycles. The summed E-state index contributed by atoms with van der Waals surface area (Å²) in [6.07, 6.45) is 2.09. The minimum absolute atomic E-state index is 0.101. The van der Waals surface area contributed by atoms with E-state index in [0.29, 0.717) is 6.42 Å². The van der Waals surface area contributed by atoms with Gasteiger partial charge < -0.3 is 9.31 Å². The summed E-state index contributed by atoms with van der Waals surface area (Å²) >= 11 is 0. The lowest BCUT2D eigenvalue weighted by Crippen LogP contribution is -2.41. The number of hydrogen-bond donors (Lipinski definition) is 0. The van der Waals surface area contributed by atoms with Crippen LogP contribution in [0.25, 0.3) is 0 Å². The molecule has 1 aliphatic heterocycles. The average Bonchev–Trinajstić information content (AvgIpc) is 2.59. The van der Waals surface area contributed by atoms with Gasteiger partial charge in [0.2, 0.25) is 0 Å². The average molecular weight is 311 g/mol. The molecule has 1 aliphatic rings. The molecule has 0 unspecified atom stereocenters. The van der Waals surface area contributed by atoms with Crippen LogP contribution >= 0.6 is 0 Å². The van der Waals surface area contributed by atoms with E-state index in [1.54, 1.807) is 6.07 Å². The number of sulfone groups is 1. The molecule has 0 aliphatic carbocycles. The zero-order chi connectivity index (χ0) is 15.9. The van der Waals surface area contributed by atoms with Crippen molar-refractivity contribution in [3.63, 3.8) is 0 Å². The summed E-state index contributed by atoms with van der Waals surface area (Å²) in [6.45, 7) is 9.72. The van der Waals surface area contributed by atoms with E-state index in [1.807, 2.05) is 34.6 Å². The molecule has 0 N–H and O–H groups in total. The fourth-order valence-corrected chi connectivity index (χ4v) is 3.30. The van der Waals surface area contributed by atoms with Crippen molar-refractivity contribution in [1.82, 2.24) is 4.98 Å². The first kappa shape index (κ1) is 16.5. The Morgan fingerprint density at radius 2 is 1.71 bits per heavy atom. The fraction of sp³-hybridized carbons (Fsp3) is 0.643. The van der Waals surface area contributed by atoms with E-state index in [0.717, 1.165) is 5.46 Å². The Bertz CT molecular complexity index is 594. The largest absolute Gasteiger partial charge is 0.496 e. The minimum Gasteiger partial charge on any atom is -0.399 e. The molecular weight excluding hydrogens is 289 g/mol. The first-order valence-corrected chi connectivity index (χ1v) is 8.78. The number of rotatable bonds is 4. The summed E-state index contributed by atoms with van der Waals surface area (Å²) in [5.74, 6) is 0.107. The maximum absolute atomic E-state index is 11.9. The van der Waals surface area contributed by atoms with Crippen LogP contribution in [0.15, 0.2) is 23.4 Å². The molecule has 21 heavy (non-hydrogen) atoms. The predicted molar refractivity (Wildman–Crippen MR) is 82.3 cm³/mol. The van der Waals surface area contributed by atoms with Gasteiger partial charge in [0, 0.05) is 11.7 Å². The Morgan fingerprint density at radius 3 is 2.14 bits per heavy atom. The van der Waals surface area contributed by atoms with Gasteiger partial charge in [-0.05, 0) is 40.2 Å². The van der Waals surface area contributed by atoms with Crippen LogP contribution in [0, 0.1) is 0 Å². The van der Waals surface area contributed by atoms with Gasteiger partial charge in [-0.25, -0.2) is 13.4 Å². The van der Waals surface area contributed by atoms with Crippen LogP contribution in [0.3, 0.4) is 0 Å². The molecule has 2 rings (SSSR count). The second-order valence-electron chi connectivity index (χ2n) is 6.34. The van der Waals surface area contributed by atoms with Gasteiger partial charge in [0.1, 0.15) is 0 Å². The van der Waals surface area contributed by atoms with Crippen molar-refractivity contribution in [3.8, 4) is 0 Å². The van der Waals surface area contributed by atoms with Gasteiger partial charge in [0.15, 0.2) is 14.9 Å². The molecule has 0 atom stereocenters. The second-order valence-corrected chi connectivity index (χ2v) is 8.39. The predicted octanol–water partition coefficient (Wildman–Crippen LogP) is 1.56. The third-order valence-electron chi connectivity index (χ3n) is 4.08. The molecule has 5 nitrogen and oxygen atoms in total. The molecule has 116 valence electrons. The Hall–Kier alpha value is -0.915. The van der Waals surface area contributed by atoms with Crippen LogP contribution in [0.4, 0.5) is 0 Å². The van der Waals surface area contributed by atoms with Gasteiger partial charge in [0.25, 0.3) is 0 Å². The van der Waals surface area contributed by atoms with Gasteiger partial charge >= 0.3 is 7.12 Å². The van der Waals surface area contributed by atoms with Crippen LogP contribution in [-0.2, 0) is 19.1 Å². The van der Waals surface area contributed by atoms with Crippen LogP contribution in [-0.4, -0.2) is 37.5 Å². The Balaban J connectivity index is 2.22. The SMILES string of the molecule is CCCS(=O)(=O)c1ccc(B2OC(C)(C)C(C)(C)O2)cn1. The van der Waals surface area contributed by atoms with E-state index in [1.165, 1.54) is 12.3 Å². The molecule has 7 heteroatoms. The number of hydrogen-bond acceptors (Lipinski definition) is 5. The molecule has 0 aromatic carbocycles. The second kappa shape index (κ2) is 5.37. The van der Waals surface area contributed by atoms with E-state index in [9.17, 15) is 8.42 Å². The van der Waals surface area contributed by atoms with Crippen molar-refractivity contribution in [3.05, 3.63) is 18.3 Å². The molecule has 0 spiro atoms. The lowest BCUT2D eigenvalue weighted by molar-refractivity contribution is 0.00578. The minimum atomic E-state index is -3.29. The monoisotopic (exact) mass is 311 g/mol. The molecule has 0 bridgehead atoms. The van der Waals surface area contributed by atoms with Gasteiger partial charge in [0.05, 0.1) is 17.0 Å². The van der Waals surface area contributed by atoms with Crippen molar-refractivity contribution in [2.75, 3.05) is 5.75 Å². The smallest absolute Gasteiger partial charge is 0.399 e. The molecule has 1 aromatic rings. The summed E-state index contributed by atoms with van der Waals surface area (Å²) < 4.78 is 35.7. The highest BCUT2D eigenvalue weighted by molar-refractivity contribution is 7.91. The van der Waals surface area contributed by atoms with Crippen LogP contribution in [0.2, 0.25) is 0 Å². The third kappa shape index (κ3) is 3.15. The van der Waals surface area contributed by atoms with Crippen LogP contribution < -0.4 is 5.46 Å². The van der Waals surface area contributed by atoms with Gasteiger partial charge in [-0.3, -0.25) is 0 Å². The third-order valence-corrected chi connectivity index (χ3v) is 5.90. The molecule has 0 radical (unpaired) electrons. The molecule has 1 fully saturated rings. The van der Waals surface area contributed by atoms with E-state index in [4.69, 9.17) is 9.31 Å². The fourth-order valence-electron chi connectivity index (χ4n) is 2.07. The van der Waals surface area contributed by atoms with Crippen molar-refractivity contribution in [1.29, 1.82) is 0 Å². The topological polar surface area (TPSA) is 65.5 Å². The summed E-state index contributed by atoms with van der Waals surface area (Å²) in [7, 11) is -3.81. The van der Waals surface area contributed by atoms with Crippen molar-refractivity contribution < 1.29 is 17.7 Å². The zero-order valence-electron chi connectivity index (χ0n) is 13.2. The maximum Gasteiger partial charge on any atom is 0.496 e. The quantitative estimate of drug-likeness (QED) is 0.790. The highest BCUT2D eigenvalue weighted by Crippen LogP contribution is 2.36. The molecular formula is C14H22BNO4S. The molecule has 1 saturated heterocycles. The number of nitrogens with zero attached hydrogens (tertiary/aromatic N) is 1. The Kier molecular flexibility index (Phi) is 4.21. The van der Waals surface area contributed by atoms with Crippen molar-refractivity contribution >= 4 is 22.4 Å². The first-order valence-electron chi connectivity index (χ1n) is 7.13. The van der Waals surface area contributed by atoms with Gasteiger partial charge in [-0.15, -0.1) is 0 Å². The summed E-state index contributed by atoms with van der Waals surface area (Å²) in [5, 5.41) is 0.101. The highest BCUT2D eigenvalue weighted by atomic mass is 32.2. The highest BCUT2D eigenvalue weighted by Gasteiger charge is 2.51. The summed E-state index contributed by atoms with van der Waals surface area (Å²) in [6, 6.07) is 3.23. The first-order chi connectivity index (χ1) is 9.59. The van der Waals surface area contributed by atoms with E-state index >= 15 is 0 Å². The lowest BCUT2D eigenvalue weighted by Gasteiger charge is -2.32. The van der Waals surface area contributed by atoms with Crippen molar-refractivity contribution in [2.45, 2.75) is 57.3 Å². The normalized spacial score (nSPS) is 20.7. The summed E-state index contributed by atoms with van der Waals surface area (Å²) in [5.41, 5.74) is -0.126. The lowest BCUT2D eigenvalue weighted by atomic mass is 9.80. The van der Waals surface area contributed by atoms with E-state index in [-0.39, 0.29) is 10.8 Å². The maximum atomic E-state index is 11.9. The summed E-state index contributed by atoms with van der Waals surface area (Å²) in [4.78, 5) is 4.06. The van der Waals surface area contributed by atoms with E-state index in [2.05, 4.69) is 4.98 Å². The van der Waals surface area contributed by atoms with Gasteiger partial charge in [-0.1, -0.05) is 13.0 Å². The molecule has 1 aromatic heterocycles. The van der Waals surface area contributed by atoms with Crippen LogP contribution in [0.1, 0.15) is 41.0 Å². The number of pyridine rings is 1. The number of aromatic nitrogens is 1. The van der Waals surface area contributed by atoms with Gasteiger partial charge in [-0.2, -0.15) is 0 Å². The van der Waals surface area contributed by atoms with Crippen LogP contribution in [0.5, 0.6) is 0 Å². The van der Waals surface area contributed by atoms with E-state index < -0.39 is 28.2 Å². The standard InChI is InChI=1S/C14H22BNO4S/c1-6-9-21(17,18)12-8-7-11(10-16-12)15-19-13(2,3)14(4,5)20-15/h7-8,10H,6,9H2,1-5H3.